The lowest BCUT2D eigenvalue weighted by Crippen LogP contribution is -2.65. The van der Waals surface area contributed by atoms with Gasteiger partial charge in [-0.3, -0.25) is 4.90 Å². The number of hydrogen-bond acceptors (Lipinski definition) is 3. The van der Waals surface area contributed by atoms with E-state index in [1.807, 2.05) is 13.8 Å². The largest absolute Gasteiger partial charge is 0.373 e. The summed E-state index contributed by atoms with van der Waals surface area (Å²) in [6.45, 7) is 7.04. The molecule has 2 amide bonds. The molecular weight excluding hydrogens is 304 g/mol. The van der Waals surface area contributed by atoms with Gasteiger partial charge in [0.1, 0.15) is 11.6 Å². The molecule has 23 heavy (non-hydrogen) atoms. The molecule has 2 saturated heterocycles. The van der Waals surface area contributed by atoms with E-state index in [1.54, 1.807) is 4.90 Å². The Labute approximate surface area is 134 Å². The number of benzene rings is 1. The molecule has 0 aliphatic carbocycles. The molecule has 1 aromatic carbocycles. The number of halogens is 2. The van der Waals surface area contributed by atoms with Crippen LogP contribution in [0.25, 0.3) is 0 Å². The molecule has 5 nitrogen and oxygen atoms in total. The summed E-state index contributed by atoms with van der Waals surface area (Å²) in [5.41, 5.74) is 0.129. The molecule has 126 valence electrons. The SMILES string of the molecule is CC1CN(C2CN(C(=O)Nc3cc(F)cc(F)c3)C2)CC(C)O1. The molecule has 0 radical (unpaired) electrons. The molecule has 1 aromatic rings. The maximum Gasteiger partial charge on any atom is 0.321 e. The first-order valence-corrected chi connectivity index (χ1v) is 7.82. The number of anilines is 1. The number of hydrogen-bond donors (Lipinski definition) is 1. The van der Waals surface area contributed by atoms with Crippen molar-refractivity contribution in [2.24, 2.45) is 0 Å². The second-order valence-corrected chi connectivity index (χ2v) is 6.36. The highest BCUT2D eigenvalue weighted by atomic mass is 19.1. The van der Waals surface area contributed by atoms with Gasteiger partial charge in [0, 0.05) is 44.0 Å². The predicted molar refractivity (Wildman–Crippen MR) is 82.3 cm³/mol. The maximum absolute atomic E-state index is 13.1. The zero-order valence-electron chi connectivity index (χ0n) is 13.3. The third kappa shape index (κ3) is 3.79. The second kappa shape index (κ2) is 6.41. The Kier molecular flexibility index (Phi) is 4.50. The third-order valence-corrected chi connectivity index (χ3v) is 4.23. The van der Waals surface area contributed by atoms with Gasteiger partial charge in [-0.1, -0.05) is 0 Å². The molecule has 2 unspecified atom stereocenters. The van der Waals surface area contributed by atoms with E-state index in [-0.39, 0.29) is 23.9 Å². The Morgan fingerprint density at radius 3 is 2.22 bits per heavy atom. The fourth-order valence-electron chi connectivity index (χ4n) is 3.20. The Morgan fingerprint density at radius 2 is 1.65 bits per heavy atom. The minimum Gasteiger partial charge on any atom is -0.373 e. The number of carbonyl (C=O) groups is 1. The minimum absolute atomic E-state index is 0.129. The van der Waals surface area contributed by atoms with Gasteiger partial charge in [0.25, 0.3) is 0 Å². The molecule has 2 aliphatic rings. The molecule has 7 heteroatoms. The van der Waals surface area contributed by atoms with E-state index in [1.165, 1.54) is 0 Å². The van der Waals surface area contributed by atoms with Crippen LogP contribution in [0.2, 0.25) is 0 Å². The summed E-state index contributed by atoms with van der Waals surface area (Å²) in [6, 6.07) is 2.96. The number of urea groups is 1. The number of nitrogens with zero attached hydrogens (tertiary/aromatic N) is 2. The van der Waals surface area contributed by atoms with E-state index in [2.05, 4.69) is 10.2 Å². The summed E-state index contributed by atoms with van der Waals surface area (Å²) < 4.78 is 32.0. The van der Waals surface area contributed by atoms with Gasteiger partial charge in [-0.25, -0.2) is 13.6 Å². The topological polar surface area (TPSA) is 44.8 Å². The normalized spacial score (nSPS) is 26.0. The molecule has 3 rings (SSSR count). The van der Waals surface area contributed by atoms with Crippen LogP contribution in [0.4, 0.5) is 19.3 Å². The van der Waals surface area contributed by atoms with E-state index in [4.69, 9.17) is 4.74 Å². The van der Waals surface area contributed by atoms with Gasteiger partial charge in [0.05, 0.1) is 12.2 Å². The molecule has 2 atom stereocenters. The summed E-state index contributed by atoms with van der Waals surface area (Å²) in [4.78, 5) is 16.1. The Bertz CT molecular complexity index is 562. The van der Waals surface area contributed by atoms with Crippen LogP contribution in [0.3, 0.4) is 0 Å². The van der Waals surface area contributed by atoms with Crippen molar-refractivity contribution in [1.29, 1.82) is 0 Å². The van der Waals surface area contributed by atoms with Crippen LogP contribution in [-0.4, -0.2) is 60.3 Å². The highest BCUT2D eigenvalue weighted by Crippen LogP contribution is 2.22. The predicted octanol–water partition coefficient (Wildman–Crippen LogP) is 2.29. The van der Waals surface area contributed by atoms with Crippen molar-refractivity contribution < 1.29 is 18.3 Å². The zero-order chi connectivity index (χ0) is 16.6. The van der Waals surface area contributed by atoms with Crippen molar-refractivity contribution in [2.75, 3.05) is 31.5 Å². The molecule has 0 aromatic heterocycles. The Hall–Kier alpha value is -1.73. The lowest BCUT2D eigenvalue weighted by molar-refractivity contribution is -0.0956. The molecule has 0 spiro atoms. The second-order valence-electron chi connectivity index (χ2n) is 6.36. The molecule has 2 heterocycles. The van der Waals surface area contributed by atoms with E-state index in [9.17, 15) is 13.6 Å². The highest BCUT2D eigenvalue weighted by molar-refractivity contribution is 5.89. The average Bonchev–Trinajstić information content (AvgIpc) is 2.33. The number of rotatable bonds is 2. The lowest BCUT2D eigenvalue weighted by Gasteiger charge is -2.48. The number of ether oxygens (including phenoxy) is 1. The Balaban J connectivity index is 1.51. The van der Waals surface area contributed by atoms with E-state index in [0.717, 1.165) is 31.3 Å². The molecule has 2 aliphatic heterocycles. The van der Waals surface area contributed by atoms with Crippen LogP contribution >= 0.6 is 0 Å². The summed E-state index contributed by atoms with van der Waals surface area (Å²) >= 11 is 0. The van der Waals surface area contributed by atoms with Gasteiger partial charge < -0.3 is 15.0 Å². The number of amides is 2. The fraction of sp³-hybridized carbons (Fsp3) is 0.562. The summed E-state index contributed by atoms with van der Waals surface area (Å²) in [6.07, 6.45) is 0.383. The number of likely N-dealkylation sites (tertiary alicyclic amines) is 1. The first kappa shape index (κ1) is 16.1. The van der Waals surface area contributed by atoms with Gasteiger partial charge in [-0.15, -0.1) is 0 Å². The molecule has 0 saturated carbocycles. The van der Waals surface area contributed by atoms with Crippen molar-refractivity contribution in [3.63, 3.8) is 0 Å². The van der Waals surface area contributed by atoms with Crippen LogP contribution in [0.1, 0.15) is 13.8 Å². The molecule has 0 bridgehead atoms. The quantitative estimate of drug-likeness (QED) is 0.907. The lowest BCUT2D eigenvalue weighted by atomic mass is 10.1. The molecular formula is C16H21F2N3O2. The first-order chi connectivity index (χ1) is 10.9. The van der Waals surface area contributed by atoms with Gasteiger partial charge in [0.15, 0.2) is 0 Å². The average molecular weight is 325 g/mol. The third-order valence-electron chi connectivity index (χ3n) is 4.23. The Morgan fingerprint density at radius 1 is 1.09 bits per heavy atom. The standard InChI is InChI=1S/C16H21F2N3O2/c1-10-6-20(7-11(2)23-10)15-8-21(9-15)16(22)19-14-4-12(17)3-13(18)5-14/h3-5,10-11,15H,6-9H2,1-2H3,(H,19,22). The monoisotopic (exact) mass is 325 g/mol. The molecule has 1 N–H and O–H groups in total. The van der Waals surface area contributed by atoms with Crippen molar-refractivity contribution in [2.45, 2.75) is 32.1 Å². The van der Waals surface area contributed by atoms with Gasteiger partial charge in [-0.2, -0.15) is 0 Å². The first-order valence-electron chi connectivity index (χ1n) is 7.82. The number of carbonyl (C=O) groups excluding carboxylic acids is 1. The van der Waals surface area contributed by atoms with Crippen molar-refractivity contribution in [3.05, 3.63) is 29.8 Å². The van der Waals surface area contributed by atoms with Crippen LogP contribution in [0, 0.1) is 11.6 Å². The minimum atomic E-state index is -0.710. The van der Waals surface area contributed by atoms with Gasteiger partial charge in [0.2, 0.25) is 0 Å². The molecule has 2 fully saturated rings. The number of nitrogens with one attached hydrogen (secondary N) is 1. The fourth-order valence-corrected chi connectivity index (χ4v) is 3.20. The zero-order valence-corrected chi connectivity index (χ0v) is 13.3. The van der Waals surface area contributed by atoms with Crippen molar-refractivity contribution in [3.8, 4) is 0 Å². The summed E-state index contributed by atoms with van der Waals surface area (Å²) in [5, 5.41) is 2.53. The maximum atomic E-state index is 13.1. The van der Waals surface area contributed by atoms with Crippen LogP contribution in [0.15, 0.2) is 18.2 Å². The van der Waals surface area contributed by atoms with Crippen molar-refractivity contribution >= 4 is 11.7 Å². The van der Waals surface area contributed by atoms with Crippen LogP contribution < -0.4 is 5.32 Å². The van der Waals surface area contributed by atoms with E-state index in [0.29, 0.717) is 19.1 Å². The van der Waals surface area contributed by atoms with Crippen LogP contribution in [-0.2, 0) is 4.74 Å². The van der Waals surface area contributed by atoms with Crippen LogP contribution in [0.5, 0.6) is 0 Å². The summed E-state index contributed by atoms with van der Waals surface area (Å²) in [5.74, 6) is -1.42. The van der Waals surface area contributed by atoms with E-state index >= 15 is 0 Å². The van der Waals surface area contributed by atoms with Gasteiger partial charge in [-0.05, 0) is 26.0 Å². The number of morpholine rings is 1. The smallest absolute Gasteiger partial charge is 0.321 e. The van der Waals surface area contributed by atoms with Crippen molar-refractivity contribution in [1.82, 2.24) is 9.80 Å². The summed E-state index contributed by atoms with van der Waals surface area (Å²) in [7, 11) is 0. The highest BCUT2D eigenvalue weighted by Gasteiger charge is 2.37. The van der Waals surface area contributed by atoms with Gasteiger partial charge >= 0.3 is 6.03 Å². The van der Waals surface area contributed by atoms with E-state index < -0.39 is 11.6 Å².